The highest BCUT2D eigenvalue weighted by atomic mass is 31.2. The Labute approximate surface area is 132 Å². The minimum Gasteiger partial charge on any atom is -0.324 e. The molecule has 0 aliphatic heterocycles. The molecule has 8 heteroatoms. The Kier molecular flexibility index (Phi) is 9.72. The predicted octanol–water partition coefficient (Wildman–Crippen LogP) is 3.92. The standard InChI is InChI=1S/C14H28O6P2/c1-12(2)8-7-10-13(3)9-5-4-6-11-14(21(15,16)17)22(18,19)20/h8-9,14H,4-7,10-11H2,1-3H3,(H2,15,16,17)(H2,18,19,20). The summed E-state index contributed by atoms with van der Waals surface area (Å²) in [6.07, 6.45) is 7.80. The summed E-state index contributed by atoms with van der Waals surface area (Å²) in [4.78, 5) is 36.0. The van der Waals surface area contributed by atoms with Gasteiger partial charge in [-0.25, -0.2) is 0 Å². The lowest BCUT2D eigenvalue weighted by molar-refractivity contribution is 0.334. The molecule has 0 heterocycles. The van der Waals surface area contributed by atoms with Gasteiger partial charge in [0, 0.05) is 0 Å². The quantitative estimate of drug-likeness (QED) is 0.268. The van der Waals surface area contributed by atoms with E-state index in [1.54, 1.807) is 0 Å². The van der Waals surface area contributed by atoms with E-state index in [1.165, 1.54) is 11.1 Å². The molecule has 0 aliphatic rings. The van der Waals surface area contributed by atoms with Gasteiger partial charge < -0.3 is 19.6 Å². The third-order valence-corrected chi connectivity index (χ3v) is 7.15. The van der Waals surface area contributed by atoms with Crippen LogP contribution in [0.3, 0.4) is 0 Å². The summed E-state index contributed by atoms with van der Waals surface area (Å²) in [6, 6.07) is 0. The van der Waals surface area contributed by atoms with Crippen molar-refractivity contribution in [3.8, 4) is 0 Å². The Balaban J connectivity index is 4.18. The number of hydrogen-bond donors (Lipinski definition) is 4. The van der Waals surface area contributed by atoms with Crippen LogP contribution in [-0.2, 0) is 9.13 Å². The maximum Gasteiger partial charge on any atom is 0.340 e. The van der Waals surface area contributed by atoms with E-state index in [-0.39, 0.29) is 6.42 Å². The molecule has 0 aromatic rings. The highest BCUT2D eigenvalue weighted by molar-refractivity contribution is 7.70. The van der Waals surface area contributed by atoms with Gasteiger partial charge in [0.15, 0.2) is 5.40 Å². The number of unbranched alkanes of at least 4 members (excludes halogenated alkanes) is 2. The van der Waals surface area contributed by atoms with Gasteiger partial charge in [0.2, 0.25) is 0 Å². The average Bonchev–Trinajstić information content (AvgIpc) is 2.29. The molecule has 0 amide bonds. The van der Waals surface area contributed by atoms with E-state index >= 15 is 0 Å². The molecule has 4 N–H and O–H groups in total. The second kappa shape index (κ2) is 9.82. The van der Waals surface area contributed by atoms with Crippen LogP contribution in [-0.4, -0.2) is 25.0 Å². The molecule has 0 unspecified atom stereocenters. The minimum absolute atomic E-state index is 0.167. The molecular formula is C14H28O6P2. The first-order chi connectivity index (χ1) is 9.94. The van der Waals surface area contributed by atoms with Crippen LogP contribution in [0.4, 0.5) is 0 Å². The van der Waals surface area contributed by atoms with Gasteiger partial charge in [-0.05, 0) is 52.9 Å². The van der Waals surface area contributed by atoms with Gasteiger partial charge in [-0.15, -0.1) is 0 Å². The molecule has 0 fully saturated rings. The van der Waals surface area contributed by atoms with Gasteiger partial charge in [0.25, 0.3) is 0 Å². The van der Waals surface area contributed by atoms with Crippen molar-refractivity contribution in [3.05, 3.63) is 23.3 Å². The van der Waals surface area contributed by atoms with Crippen LogP contribution in [0.25, 0.3) is 0 Å². The predicted molar refractivity (Wildman–Crippen MR) is 88.8 cm³/mol. The van der Waals surface area contributed by atoms with Gasteiger partial charge in [-0.2, -0.15) is 0 Å². The molecular weight excluding hydrogens is 326 g/mol. The third-order valence-electron chi connectivity index (χ3n) is 3.28. The zero-order valence-corrected chi connectivity index (χ0v) is 15.3. The smallest absolute Gasteiger partial charge is 0.324 e. The molecule has 0 aromatic carbocycles. The minimum atomic E-state index is -4.77. The van der Waals surface area contributed by atoms with Gasteiger partial charge >= 0.3 is 15.2 Å². The van der Waals surface area contributed by atoms with Crippen molar-refractivity contribution in [3.63, 3.8) is 0 Å². The topological polar surface area (TPSA) is 115 Å². The van der Waals surface area contributed by atoms with Crippen molar-refractivity contribution in [2.45, 2.75) is 64.7 Å². The molecule has 0 atom stereocenters. The molecule has 22 heavy (non-hydrogen) atoms. The molecule has 0 radical (unpaired) electrons. The van der Waals surface area contributed by atoms with Gasteiger partial charge in [-0.3, -0.25) is 9.13 Å². The van der Waals surface area contributed by atoms with Crippen LogP contribution >= 0.6 is 15.2 Å². The Hall–Kier alpha value is -0.220. The number of allylic oxidation sites excluding steroid dienone is 4. The second-order valence-corrected chi connectivity index (χ2v) is 9.82. The molecule has 0 spiro atoms. The van der Waals surface area contributed by atoms with Crippen molar-refractivity contribution in [1.29, 1.82) is 0 Å². The summed E-state index contributed by atoms with van der Waals surface area (Å²) in [5, 5.41) is -1.87. The lowest BCUT2D eigenvalue weighted by Crippen LogP contribution is -2.09. The Morgan fingerprint density at radius 1 is 0.909 bits per heavy atom. The van der Waals surface area contributed by atoms with Crippen molar-refractivity contribution < 1.29 is 28.7 Å². The summed E-state index contributed by atoms with van der Waals surface area (Å²) in [7, 11) is -9.55. The summed E-state index contributed by atoms with van der Waals surface area (Å²) in [5.74, 6) is 0. The van der Waals surface area contributed by atoms with E-state index < -0.39 is 20.6 Å². The van der Waals surface area contributed by atoms with E-state index in [4.69, 9.17) is 19.6 Å². The first kappa shape index (κ1) is 21.8. The zero-order chi connectivity index (χ0) is 17.4. The third kappa shape index (κ3) is 10.5. The van der Waals surface area contributed by atoms with Gasteiger partial charge in [-0.1, -0.05) is 29.7 Å². The summed E-state index contributed by atoms with van der Waals surface area (Å²) < 4.78 is 22.2. The summed E-state index contributed by atoms with van der Waals surface area (Å²) >= 11 is 0. The Bertz CT molecular complexity index is 460. The van der Waals surface area contributed by atoms with Crippen LogP contribution in [0.2, 0.25) is 0 Å². The van der Waals surface area contributed by atoms with Gasteiger partial charge in [0.05, 0.1) is 0 Å². The maximum absolute atomic E-state index is 11.1. The highest BCUT2D eigenvalue weighted by Crippen LogP contribution is 2.61. The van der Waals surface area contributed by atoms with Crippen LogP contribution in [0, 0.1) is 0 Å². The molecule has 0 aromatic heterocycles. The van der Waals surface area contributed by atoms with Crippen LogP contribution in [0.1, 0.15) is 59.3 Å². The highest BCUT2D eigenvalue weighted by Gasteiger charge is 2.42. The second-order valence-electron chi connectivity index (χ2n) is 5.81. The van der Waals surface area contributed by atoms with Crippen LogP contribution in [0.15, 0.2) is 23.3 Å². The van der Waals surface area contributed by atoms with Crippen LogP contribution in [0.5, 0.6) is 0 Å². The lowest BCUT2D eigenvalue weighted by Gasteiger charge is -2.19. The maximum atomic E-state index is 11.1. The summed E-state index contributed by atoms with van der Waals surface area (Å²) in [5.41, 5.74) is 2.53. The van der Waals surface area contributed by atoms with Crippen molar-refractivity contribution >= 4 is 15.2 Å². The van der Waals surface area contributed by atoms with E-state index in [1.807, 2.05) is 6.92 Å². The molecule has 130 valence electrons. The SMILES string of the molecule is CC(C)=CCCC(C)=CCCCCC(P(=O)(O)O)P(=O)(O)O. The fraction of sp³-hybridized carbons (Fsp3) is 0.714. The monoisotopic (exact) mass is 354 g/mol. The molecule has 6 nitrogen and oxygen atoms in total. The van der Waals surface area contributed by atoms with Crippen molar-refractivity contribution in [1.82, 2.24) is 0 Å². The largest absolute Gasteiger partial charge is 0.340 e. The molecule has 0 bridgehead atoms. The zero-order valence-electron chi connectivity index (χ0n) is 13.5. The number of rotatable bonds is 10. The van der Waals surface area contributed by atoms with E-state index in [0.29, 0.717) is 12.8 Å². The lowest BCUT2D eigenvalue weighted by atomic mass is 10.1. The first-order valence-corrected chi connectivity index (χ1v) is 10.7. The van der Waals surface area contributed by atoms with E-state index in [2.05, 4.69) is 26.0 Å². The molecule has 0 aliphatic carbocycles. The molecule has 0 saturated heterocycles. The summed E-state index contributed by atoms with van der Waals surface area (Å²) in [6.45, 7) is 6.14. The molecule has 0 rings (SSSR count). The molecule has 0 saturated carbocycles. The van der Waals surface area contributed by atoms with Crippen molar-refractivity contribution in [2.75, 3.05) is 0 Å². The normalized spacial score (nSPS) is 13.5. The van der Waals surface area contributed by atoms with Crippen molar-refractivity contribution in [2.24, 2.45) is 0 Å². The fourth-order valence-electron chi connectivity index (χ4n) is 2.04. The van der Waals surface area contributed by atoms with Gasteiger partial charge in [0.1, 0.15) is 0 Å². The van der Waals surface area contributed by atoms with E-state index in [9.17, 15) is 9.13 Å². The average molecular weight is 354 g/mol. The fourth-order valence-corrected chi connectivity index (χ4v) is 4.65. The number of hydrogen-bond acceptors (Lipinski definition) is 2. The Morgan fingerprint density at radius 2 is 1.45 bits per heavy atom. The first-order valence-electron chi connectivity index (χ1n) is 7.34. The van der Waals surface area contributed by atoms with E-state index in [0.717, 1.165) is 19.3 Å². The Morgan fingerprint density at radius 3 is 1.91 bits per heavy atom. The van der Waals surface area contributed by atoms with Crippen LogP contribution < -0.4 is 0 Å².